The topological polar surface area (TPSA) is 95.0 Å². The lowest BCUT2D eigenvalue weighted by molar-refractivity contribution is -0.141. The first-order valence-electron chi connectivity index (χ1n) is 14.0. The van der Waals surface area contributed by atoms with E-state index in [0.29, 0.717) is 0 Å². The van der Waals surface area contributed by atoms with Crippen molar-refractivity contribution in [1.29, 1.82) is 0 Å². The highest BCUT2D eigenvalue weighted by Gasteiger charge is 2.77. The van der Waals surface area contributed by atoms with Gasteiger partial charge in [-0.2, -0.15) is 0 Å². The highest BCUT2D eigenvalue weighted by Crippen LogP contribution is 2.66. The summed E-state index contributed by atoms with van der Waals surface area (Å²) in [4.78, 5) is 52.1. The maximum atomic E-state index is 15.1. The van der Waals surface area contributed by atoms with Crippen LogP contribution in [0.3, 0.4) is 0 Å². The molecule has 16 heteroatoms. The monoisotopic (exact) mass is 730 g/mol. The second-order valence-corrected chi connectivity index (χ2v) is 14.4. The second-order valence-electron chi connectivity index (χ2n) is 11.7. The first kappa shape index (κ1) is 32.0. The smallest absolute Gasteiger partial charge is 0.258 e. The Hall–Kier alpha value is -3.52. The Morgan fingerprint density at radius 2 is 1.55 bits per heavy atom. The minimum atomic E-state index is -2.70. The molecule has 3 heterocycles. The number of amides is 4. The van der Waals surface area contributed by atoms with Gasteiger partial charge in [0.15, 0.2) is 33.0 Å². The number of imide groups is 2. The lowest BCUT2D eigenvalue weighted by atomic mass is 9.56. The molecule has 1 saturated carbocycles. The number of fused-ring (bicyclic) bond motifs is 4. The molecule has 1 aromatic heterocycles. The summed E-state index contributed by atoms with van der Waals surface area (Å²) < 4.78 is 72.9. The maximum absolute atomic E-state index is 15.1. The number of rotatable bonds is 4. The Morgan fingerprint density at radius 3 is 2.17 bits per heavy atom. The fourth-order valence-electron chi connectivity index (χ4n) is 7.44. The number of likely N-dealkylation sites (tertiary alicyclic amines) is 1. The van der Waals surface area contributed by atoms with Crippen LogP contribution in [0.2, 0.25) is 5.02 Å². The van der Waals surface area contributed by atoms with E-state index < -0.39 is 98.2 Å². The van der Waals surface area contributed by atoms with Gasteiger partial charge < -0.3 is 5.11 Å². The third kappa shape index (κ3) is 4.15. The number of carbonyl (C=O) groups is 4. The van der Waals surface area contributed by atoms with Gasteiger partial charge in [0.1, 0.15) is 11.4 Å². The molecule has 2 saturated heterocycles. The molecule has 0 unspecified atom stereocenters. The average Bonchev–Trinajstić information content (AvgIpc) is 3.67. The normalized spacial score (nSPS) is 30.1. The molecule has 2 aliphatic carbocycles. The van der Waals surface area contributed by atoms with Gasteiger partial charge in [0, 0.05) is 15.8 Å². The number of phenolic OH excluding ortho intramolecular Hbond substituents is 1. The molecule has 4 amide bonds. The van der Waals surface area contributed by atoms with Crippen molar-refractivity contribution < 1.29 is 46.2 Å². The molecule has 3 aromatic rings. The van der Waals surface area contributed by atoms with E-state index in [1.54, 1.807) is 23.6 Å². The summed E-state index contributed by atoms with van der Waals surface area (Å²) in [5.74, 6) is -21.5. The Morgan fingerprint density at radius 1 is 0.894 bits per heavy atom. The number of carbonyl (C=O) groups excluding carboxylic acids is 4. The number of nitrogens with zero attached hydrogens (tertiary/aromatic N) is 2. The fraction of sp³-hybridized carbons (Fsp3) is 0.290. The number of phenols is 1. The van der Waals surface area contributed by atoms with E-state index >= 15 is 8.78 Å². The molecule has 2 aliphatic heterocycles. The van der Waals surface area contributed by atoms with Crippen molar-refractivity contribution >= 4 is 75.5 Å². The van der Waals surface area contributed by atoms with Crippen molar-refractivity contribution in [2.24, 2.45) is 17.8 Å². The molecule has 0 bridgehead atoms. The summed E-state index contributed by atoms with van der Waals surface area (Å²) in [6.45, 7) is -0.0193. The summed E-state index contributed by atoms with van der Waals surface area (Å²) in [5, 5.41) is 11.6. The number of halogens is 8. The van der Waals surface area contributed by atoms with Crippen LogP contribution in [0.25, 0.3) is 0 Å². The van der Waals surface area contributed by atoms with Gasteiger partial charge in [0.25, 0.3) is 11.8 Å². The van der Waals surface area contributed by atoms with E-state index in [4.69, 9.17) is 34.8 Å². The number of thiophene rings is 1. The third-order valence-corrected chi connectivity index (χ3v) is 12.1. The fourth-order valence-corrected chi connectivity index (χ4v) is 9.35. The number of benzene rings is 2. The molecular weight excluding hydrogens is 714 g/mol. The van der Waals surface area contributed by atoms with Gasteiger partial charge in [-0.1, -0.05) is 35.4 Å². The average molecular weight is 732 g/mol. The summed E-state index contributed by atoms with van der Waals surface area (Å²) in [7, 11) is 0. The van der Waals surface area contributed by atoms with Gasteiger partial charge in [-0.05, 0) is 47.9 Å². The van der Waals surface area contributed by atoms with Crippen LogP contribution in [0.4, 0.5) is 27.6 Å². The molecule has 6 atom stereocenters. The molecule has 3 fully saturated rings. The quantitative estimate of drug-likeness (QED) is 0.0819. The zero-order valence-electron chi connectivity index (χ0n) is 23.4. The van der Waals surface area contributed by atoms with Crippen molar-refractivity contribution in [3.8, 4) is 5.75 Å². The first-order valence-corrected chi connectivity index (χ1v) is 16.0. The predicted octanol–water partition coefficient (Wildman–Crippen LogP) is 6.57. The van der Waals surface area contributed by atoms with E-state index in [1.807, 2.05) is 0 Å². The van der Waals surface area contributed by atoms with Gasteiger partial charge in [0.2, 0.25) is 17.6 Å². The number of allylic oxidation sites excluding steroid dienone is 2. The predicted molar refractivity (Wildman–Crippen MR) is 159 cm³/mol. The molecule has 47 heavy (non-hydrogen) atoms. The molecule has 244 valence electrons. The number of aromatic hydroxyl groups is 1. The van der Waals surface area contributed by atoms with Crippen molar-refractivity contribution in [2.45, 2.75) is 35.1 Å². The molecule has 7 nitrogen and oxygen atoms in total. The van der Waals surface area contributed by atoms with Crippen molar-refractivity contribution in [2.75, 3.05) is 4.90 Å². The lowest BCUT2D eigenvalue weighted by Crippen LogP contribution is -2.60. The largest absolute Gasteiger partial charge is 0.508 e. The van der Waals surface area contributed by atoms with Crippen LogP contribution in [0, 0.1) is 46.8 Å². The van der Waals surface area contributed by atoms with E-state index in [2.05, 4.69) is 0 Å². The molecular formula is C31H18Cl3F5N2O5S. The van der Waals surface area contributed by atoms with Crippen LogP contribution in [0.15, 0.2) is 47.4 Å². The van der Waals surface area contributed by atoms with Crippen LogP contribution < -0.4 is 4.90 Å². The number of hydrogen-bond donors (Lipinski definition) is 1. The zero-order chi connectivity index (χ0) is 33.9. The van der Waals surface area contributed by atoms with E-state index in [-0.39, 0.29) is 39.8 Å². The van der Waals surface area contributed by atoms with Gasteiger partial charge >= 0.3 is 0 Å². The molecule has 1 N–H and O–H groups in total. The maximum Gasteiger partial charge on any atom is 0.258 e. The minimum Gasteiger partial charge on any atom is -0.508 e. The van der Waals surface area contributed by atoms with Crippen molar-refractivity contribution in [3.63, 3.8) is 0 Å². The summed E-state index contributed by atoms with van der Waals surface area (Å²) in [6.07, 6.45) is 0.943. The molecule has 4 aliphatic rings. The molecule has 7 rings (SSSR count). The van der Waals surface area contributed by atoms with Crippen molar-refractivity contribution in [3.05, 3.63) is 91.9 Å². The number of alkyl halides is 2. The highest BCUT2D eigenvalue weighted by molar-refractivity contribution is 7.09. The van der Waals surface area contributed by atoms with Gasteiger partial charge in [0.05, 0.1) is 18.4 Å². The molecule has 0 spiro atoms. The highest BCUT2D eigenvalue weighted by atomic mass is 35.5. The van der Waals surface area contributed by atoms with Gasteiger partial charge in [-0.25, -0.2) is 26.9 Å². The summed E-state index contributed by atoms with van der Waals surface area (Å²) in [5.41, 5.74) is -1.61. The third-order valence-electron chi connectivity index (χ3n) is 9.50. The van der Waals surface area contributed by atoms with Crippen LogP contribution in [0.5, 0.6) is 5.75 Å². The van der Waals surface area contributed by atoms with Gasteiger partial charge in [-0.15, -0.1) is 34.5 Å². The lowest BCUT2D eigenvalue weighted by Gasteiger charge is -2.50. The zero-order valence-corrected chi connectivity index (χ0v) is 26.5. The van der Waals surface area contributed by atoms with Crippen LogP contribution in [0.1, 0.15) is 29.2 Å². The Kier molecular flexibility index (Phi) is 7.33. The minimum absolute atomic E-state index is 0.0000366. The van der Waals surface area contributed by atoms with E-state index in [9.17, 15) is 37.5 Å². The molecule has 2 aromatic carbocycles. The van der Waals surface area contributed by atoms with Crippen LogP contribution in [-0.2, 0) is 25.7 Å². The summed E-state index contributed by atoms with van der Waals surface area (Å²) in [6, 6.07) is 7.04. The van der Waals surface area contributed by atoms with E-state index in [0.717, 1.165) is 15.8 Å². The standard InChI is InChI=1S/C31H18Cl3F5N2O5S/c32-17-8-11(42)3-4-14(17)19-13-5-6-15-18(27(44)40(26(15)43)10-12-2-1-7-47-12)16(13)9-30(33)28(45)41(29(46)31(19,30)34)25-23(38)21(36)20(35)22(37)24(25)39/h1-5,7-8,15-16,18-19,42H,6,9-10H2/t15-,16+,18-,19+,30+,31-/m0/s1. The first-order chi connectivity index (χ1) is 22.1. The summed E-state index contributed by atoms with van der Waals surface area (Å²) >= 11 is 22.0. The number of hydrogen-bond acceptors (Lipinski definition) is 6. The number of anilines is 1. The Bertz CT molecular complexity index is 1950. The van der Waals surface area contributed by atoms with Crippen LogP contribution >= 0.6 is 46.1 Å². The molecule has 0 radical (unpaired) electrons. The SMILES string of the molecule is O=C1[C@H]2[C@H](CC=C3[C@H]2C[C@@]2(Cl)C(=O)N(c4c(F)c(F)c(F)c(F)c4F)C(=O)[C@@]2(Cl)[C@H]3c2ccc(O)cc2Cl)C(=O)N1Cc1cccs1. The van der Waals surface area contributed by atoms with Gasteiger partial charge in [-0.3, -0.25) is 24.1 Å². The van der Waals surface area contributed by atoms with Crippen LogP contribution in [-0.4, -0.2) is 43.4 Å². The van der Waals surface area contributed by atoms with Crippen molar-refractivity contribution in [1.82, 2.24) is 4.90 Å². The Balaban J connectivity index is 1.42. The second kappa shape index (κ2) is 10.7. The van der Waals surface area contributed by atoms with E-state index in [1.165, 1.54) is 23.5 Å². The Labute approximate surface area is 281 Å².